The minimum atomic E-state index is -1.36. The highest BCUT2D eigenvalue weighted by atomic mass is 16.5. The number of Topliss-reactive ketones (excluding diaryl/α,β-unsaturated/α-hetero) is 1. The highest BCUT2D eigenvalue weighted by Gasteiger charge is 2.57. The Morgan fingerprint density at radius 3 is 1.70 bits per heavy atom. The Labute approximate surface area is 249 Å². The second-order valence-corrected chi connectivity index (χ2v) is 10.1. The molecule has 1 saturated heterocycles. The van der Waals surface area contributed by atoms with E-state index in [0.717, 1.165) is 0 Å². The van der Waals surface area contributed by atoms with Gasteiger partial charge >= 0.3 is 12.0 Å². The molecule has 1 fully saturated rings. The number of hydrogen-bond acceptors (Lipinski definition) is 6. The van der Waals surface area contributed by atoms with Crippen LogP contribution in [0.3, 0.4) is 0 Å². The third-order valence-electron chi connectivity index (χ3n) is 7.81. The molecule has 0 radical (unpaired) electrons. The molecule has 1 aliphatic rings. The fourth-order valence-electron chi connectivity index (χ4n) is 5.79. The maximum Gasteiger partial charge on any atom is 0.327 e. The van der Waals surface area contributed by atoms with Crippen LogP contribution in [0.15, 0.2) is 103 Å². The Hall–Kier alpha value is -5.31. The number of carbonyl (C=O) groups is 3. The van der Waals surface area contributed by atoms with E-state index in [2.05, 4.69) is 5.32 Å². The standard InChI is InChI=1S/C34H32N2O7/c1-41-25-15-9-22(10-16-25)30-29(32(37)23-11-17-26(42-2)18-12-23)28(21-7-5-4-6-8-21)31(33(38)39)36(30)34(40)35-24-13-19-27(43-3)20-14-24/h4-20,28-31H,1-3H3,(H,35,40)(H,38,39). The number of carboxylic acid groups (broad SMARTS) is 1. The van der Waals surface area contributed by atoms with E-state index in [0.29, 0.717) is 39.6 Å². The van der Waals surface area contributed by atoms with Gasteiger partial charge < -0.3 is 29.5 Å². The van der Waals surface area contributed by atoms with E-state index < -0.39 is 35.9 Å². The van der Waals surface area contributed by atoms with Crippen molar-refractivity contribution < 1.29 is 33.7 Å². The number of nitrogens with zero attached hydrogens (tertiary/aromatic N) is 1. The normalized spacial score (nSPS) is 19.4. The zero-order valence-corrected chi connectivity index (χ0v) is 24.0. The van der Waals surface area contributed by atoms with Crippen LogP contribution in [0.5, 0.6) is 17.2 Å². The van der Waals surface area contributed by atoms with Gasteiger partial charge in [0.2, 0.25) is 0 Å². The molecule has 43 heavy (non-hydrogen) atoms. The summed E-state index contributed by atoms with van der Waals surface area (Å²) in [7, 11) is 4.62. The molecular weight excluding hydrogens is 548 g/mol. The van der Waals surface area contributed by atoms with Crippen molar-refractivity contribution in [3.05, 3.63) is 120 Å². The van der Waals surface area contributed by atoms with Gasteiger partial charge in [0.15, 0.2) is 5.78 Å². The highest BCUT2D eigenvalue weighted by Crippen LogP contribution is 2.51. The Balaban J connectivity index is 1.68. The van der Waals surface area contributed by atoms with E-state index >= 15 is 0 Å². The molecule has 4 aromatic carbocycles. The number of likely N-dealkylation sites (tertiary alicyclic amines) is 1. The van der Waals surface area contributed by atoms with Gasteiger partial charge in [-0.15, -0.1) is 0 Å². The summed E-state index contributed by atoms with van der Waals surface area (Å²) in [6.45, 7) is 0. The zero-order chi connectivity index (χ0) is 30.5. The molecule has 0 spiro atoms. The van der Waals surface area contributed by atoms with Crippen molar-refractivity contribution in [2.24, 2.45) is 5.92 Å². The van der Waals surface area contributed by atoms with Gasteiger partial charge in [-0.05, 0) is 71.8 Å². The highest BCUT2D eigenvalue weighted by molar-refractivity contribution is 6.02. The van der Waals surface area contributed by atoms with Gasteiger partial charge in [0.25, 0.3) is 0 Å². The predicted molar refractivity (Wildman–Crippen MR) is 161 cm³/mol. The van der Waals surface area contributed by atoms with Crippen LogP contribution in [0.25, 0.3) is 0 Å². The van der Waals surface area contributed by atoms with Crippen molar-refractivity contribution in [3.63, 3.8) is 0 Å². The van der Waals surface area contributed by atoms with Crippen LogP contribution in [0.2, 0.25) is 0 Å². The molecular formula is C34H32N2O7. The molecule has 0 aromatic heterocycles. The van der Waals surface area contributed by atoms with Crippen molar-refractivity contribution >= 4 is 23.5 Å². The second-order valence-electron chi connectivity index (χ2n) is 10.1. The van der Waals surface area contributed by atoms with E-state index in [1.807, 2.05) is 6.07 Å². The molecule has 1 heterocycles. The number of aliphatic carboxylic acids is 1. The average molecular weight is 581 g/mol. The molecule has 9 heteroatoms. The first kappa shape index (κ1) is 29.2. The summed E-state index contributed by atoms with van der Waals surface area (Å²) in [5.74, 6) is -1.53. The first-order valence-corrected chi connectivity index (χ1v) is 13.7. The van der Waals surface area contributed by atoms with Gasteiger partial charge in [-0.3, -0.25) is 4.79 Å². The van der Waals surface area contributed by atoms with Crippen molar-refractivity contribution in [1.29, 1.82) is 0 Å². The number of benzene rings is 4. The summed E-state index contributed by atoms with van der Waals surface area (Å²) in [6, 6.07) is 26.5. The fraction of sp³-hybridized carbons (Fsp3) is 0.206. The fourth-order valence-corrected chi connectivity index (χ4v) is 5.79. The largest absolute Gasteiger partial charge is 0.497 e. The third-order valence-corrected chi connectivity index (χ3v) is 7.81. The van der Waals surface area contributed by atoms with E-state index in [-0.39, 0.29) is 5.78 Å². The summed E-state index contributed by atoms with van der Waals surface area (Å²) in [5.41, 5.74) is 2.07. The maximum atomic E-state index is 14.5. The van der Waals surface area contributed by atoms with Crippen LogP contribution >= 0.6 is 0 Å². The van der Waals surface area contributed by atoms with Gasteiger partial charge in [0, 0.05) is 17.2 Å². The van der Waals surface area contributed by atoms with Gasteiger partial charge in [-0.25, -0.2) is 9.59 Å². The summed E-state index contributed by atoms with van der Waals surface area (Å²) >= 11 is 0. The zero-order valence-electron chi connectivity index (χ0n) is 24.0. The van der Waals surface area contributed by atoms with Crippen molar-refractivity contribution in [3.8, 4) is 17.2 Å². The van der Waals surface area contributed by atoms with Crippen LogP contribution < -0.4 is 19.5 Å². The number of ketones is 1. The number of ether oxygens (including phenoxy) is 3. The molecule has 2 N–H and O–H groups in total. The smallest absolute Gasteiger partial charge is 0.327 e. The quantitative estimate of drug-likeness (QED) is 0.232. The van der Waals surface area contributed by atoms with Crippen LogP contribution in [-0.4, -0.2) is 55.2 Å². The monoisotopic (exact) mass is 580 g/mol. The van der Waals surface area contributed by atoms with Crippen LogP contribution in [0.4, 0.5) is 10.5 Å². The molecule has 5 rings (SSSR count). The molecule has 0 aliphatic carbocycles. The molecule has 4 atom stereocenters. The van der Waals surface area contributed by atoms with Crippen LogP contribution in [-0.2, 0) is 4.79 Å². The van der Waals surface area contributed by atoms with Crippen LogP contribution in [0.1, 0.15) is 33.4 Å². The number of hydrogen-bond donors (Lipinski definition) is 2. The summed E-state index contributed by atoms with van der Waals surface area (Å²) in [5, 5.41) is 13.5. The van der Waals surface area contributed by atoms with E-state index in [4.69, 9.17) is 14.2 Å². The number of methoxy groups -OCH3 is 3. The number of amides is 2. The maximum absolute atomic E-state index is 14.5. The number of carboxylic acids is 1. The number of nitrogens with one attached hydrogen (secondary N) is 1. The Morgan fingerprint density at radius 2 is 1.19 bits per heavy atom. The minimum Gasteiger partial charge on any atom is -0.497 e. The lowest BCUT2D eigenvalue weighted by Crippen LogP contribution is -2.45. The summed E-state index contributed by atoms with van der Waals surface area (Å²) < 4.78 is 15.8. The molecule has 9 nitrogen and oxygen atoms in total. The SMILES string of the molecule is COc1ccc(NC(=O)N2C(C(=O)O)C(c3ccccc3)C(C(=O)c3ccc(OC)cc3)C2c2ccc(OC)cc2)cc1. The Morgan fingerprint density at radius 1 is 0.674 bits per heavy atom. The Bertz CT molecular complexity index is 1570. The van der Waals surface area contributed by atoms with Gasteiger partial charge in [0.1, 0.15) is 23.3 Å². The lowest BCUT2D eigenvalue weighted by Gasteiger charge is -2.30. The molecule has 0 bridgehead atoms. The Kier molecular flexibility index (Phi) is 8.61. The first-order chi connectivity index (χ1) is 20.9. The van der Waals surface area contributed by atoms with Gasteiger partial charge in [-0.2, -0.15) is 0 Å². The summed E-state index contributed by atoms with van der Waals surface area (Å²) in [6.07, 6.45) is 0. The number of rotatable bonds is 9. The van der Waals surface area contributed by atoms with E-state index in [9.17, 15) is 19.5 Å². The lowest BCUT2D eigenvalue weighted by atomic mass is 9.76. The molecule has 0 saturated carbocycles. The summed E-state index contributed by atoms with van der Waals surface area (Å²) in [4.78, 5) is 43.0. The molecule has 4 aromatic rings. The predicted octanol–water partition coefficient (Wildman–Crippen LogP) is 6.04. The number of urea groups is 1. The number of anilines is 1. The van der Waals surface area contributed by atoms with Crippen molar-refractivity contribution in [2.75, 3.05) is 26.6 Å². The third kappa shape index (κ3) is 5.88. The van der Waals surface area contributed by atoms with E-state index in [1.54, 1.807) is 111 Å². The van der Waals surface area contributed by atoms with Gasteiger partial charge in [-0.1, -0.05) is 42.5 Å². The lowest BCUT2D eigenvalue weighted by molar-refractivity contribution is -0.142. The molecule has 2 amide bonds. The van der Waals surface area contributed by atoms with Gasteiger partial charge in [0.05, 0.1) is 33.3 Å². The molecule has 220 valence electrons. The van der Waals surface area contributed by atoms with Crippen molar-refractivity contribution in [2.45, 2.75) is 18.0 Å². The van der Waals surface area contributed by atoms with Crippen LogP contribution in [0, 0.1) is 5.92 Å². The molecule has 4 unspecified atom stereocenters. The minimum absolute atomic E-state index is 0.289. The van der Waals surface area contributed by atoms with Crippen molar-refractivity contribution in [1.82, 2.24) is 4.90 Å². The second kappa shape index (κ2) is 12.7. The molecule has 1 aliphatic heterocycles. The average Bonchev–Trinajstić information content (AvgIpc) is 3.42. The first-order valence-electron chi connectivity index (χ1n) is 13.7. The van der Waals surface area contributed by atoms with E-state index in [1.165, 1.54) is 12.0 Å². The number of carbonyl (C=O) groups excluding carboxylic acids is 2. The topological polar surface area (TPSA) is 114 Å².